The van der Waals surface area contributed by atoms with Crippen LogP contribution in [0.2, 0.25) is 0 Å². The minimum Gasteiger partial charge on any atom is -0.404 e. The molecule has 7 heteroatoms. The average molecular weight is 414 g/mol. The van der Waals surface area contributed by atoms with E-state index in [1.807, 2.05) is 38.1 Å². The van der Waals surface area contributed by atoms with Crippen molar-refractivity contribution in [3.8, 4) is 0 Å². The second-order valence-corrected chi connectivity index (χ2v) is 9.51. The van der Waals surface area contributed by atoms with Gasteiger partial charge in [-0.2, -0.15) is 0 Å². The number of fused-ring (bicyclic) bond motifs is 1. The summed E-state index contributed by atoms with van der Waals surface area (Å²) in [5, 5.41) is 0. The highest BCUT2D eigenvalue weighted by Crippen LogP contribution is 2.33. The van der Waals surface area contributed by atoms with E-state index in [0.29, 0.717) is 24.9 Å². The van der Waals surface area contributed by atoms with Crippen molar-refractivity contribution >= 4 is 23.8 Å². The van der Waals surface area contributed by atoms with E-state index < -0.39 is 5.92 Å². The van der Waals surface area contributed by atoms with Crippen molar-refractivity contribution in [2.75, 3.05) is 39.3 Å². The summed E-state index contributed by atoms with van der Waals surface area (Å²) in [6, 6.07) is 7.64. The molecular formula is C23H31N3O4+2. The Morgan fingerprint density at radius 2 is 1.73 bits per heavy atom. The second kappa shape index (κ2) is 8.40. The fourth-order valence-electron chi connectivity index (χ4n) is 4.86. The van der Waals surface area contributed by atoms with E-state index in [-0.39, 0.29) is 29.2 Å². The molecule has 1 saturated carbocycles. The molecule has 0 bridgehead atoms. The van der Waals surface area contributed by atoms with Crippen molar-refractivity contribution in [1.29, 1.82) is 0 Å². The second-order valence-electron chi connectivity index (χ2n) is 9.51. The highest BCUT2D eigenvalue weighted by Gasteiger charge is 2.40. The first-order chi connectivity index (χ1) is 14.3. The number of piperazine rings is 1. The third-order valence-electron chi connectivity index (χ3n) is 6.51. The van der Waals surface area contributed by atoms with Gasteiger partial charge in [-0.05, 0) is 17.5 Å². The van der Waals surface area contributed by atoms with E-state index in [1.165, 1.54) is 9.80 Å². The van der Waals surface area contributed by atoms with Gasteiger partial charge in [0.05, 0.1) is 24.2 Å². The molecule has 2 heterocycles. The molecule has 30 heavy (non-hydrogen) atoms. The number of nitrogens with zero attached hydrogens (tertiary/aromatic N) is 1. The third-order valence-corrected chi connectivity index (χ3v) is 6.51. The first-order valence-electron chi connectivity index (χ1n) is 10.9. The van der Waals surface area contributed by atoms with Crippen molar-refractivity contribution < 1.29 is 28.9 Å². The number of rotatable bonds is 5. The molecule has 0 aromatic heterocycles. The molecule has 2 fully saturated rings. The van der Waals surface area contributed by atoms with Crippen LogP contribution in [0.15, 0.2) is 29.3 Å². The molecule has 0 spiro atoms. The molecule has 4 rings (SSSR count). The number of carbonyl (C=O) groups excluding carboxylic acids is 3. The maximum atomic E-state index is 12.2. The van der Waals surface area contributed by atoms with Crippen molar-refractivity contribution in [1.82, 2.24) is 0 Å². The average Bonchev–Trinajstić information content (AvgIpc) is 3.03. The van der Waals surface area contributed by atoms with Crippen LogP contribution in [0.5, 0.6) is 0 Å². The summed E-state index contributed by atoms with van der Waals surface area (Å²) in [5.74, 6) is -0.874. The van der Waals surface area contributed by atoms with E-state index in [2.05, 4.69) is 4.99 Å². The van der Waals surface area contributed by atoms with E-state index in [4.69, 9.17) is 4.74 Å². The number of benzene rings is 1. The van der Waals surface area contributed by atoms with Gasteiger partial charge in [0, 0.05) is 19.1 Å². The summed E-state index contributed by atoms with van der Waals surface area (Å²) < 4.78 is 5.63. The first-order valence-corrected chi connectivity index (χ1v) is 10.9. The topological polar surface area (TPSA) is 81.7 Å². The molecule has 1 aromatic rings. The standard InChI is InChI=1S/C23H29N3O4/c1-23(2)13-19(27)18(20(28)14-23)15-24-7-8-25-9-11-26(12-10-25)21-16-5-3-4-6-17(16)22(29)30-21/h3-6,15,18,21H,7-14H2,1-2H3/p+2/t21-/m0/s1. The summed E-state index contributed by atoms with van der Waals surface area (Å²) >= 11 is 0. The predicted octanol–water partition coefficient (Wildman–Crippen LogP) is -0.716. The van der Waals surface area contributed by atoms with E-state index in [9.17, 15) is 14.4 Å². The molecule has 0 radical (unpaired) electrons. The lowest BCUT2D eigenvalue weighted by Gasteiger charge is -2.32. The van der Waals surface area contributed by atoms with Gasteiger partial charge >= 0.3 is 5.97 Å². The number of hydrogen-bond donors (Lipinski definition) is 2. The maximum Gasteiger partial charge on any atom is 0.343 e. The third kappa shape index (κ3) is 4.37. The summed E-state index contributed by atoms with van der Waals surface area (Å²) in [7, 11) is 0. The minimum absolute atomic E-state index is 0.00375. The summed E-state index contributed by atoms with van der Waals surface area (Å²) in [6.45, 7) is 9.25. The van der Waals surface area contributed by atoms with Crippen molar-refractivity contribution in [2.24, 2.45) is 16.3 Å². The number of hydrogen-bond acceptors (Lipinski definition) is 5. The van der Waals surface area contributed by atoms with E-state index in [0.717, 1.165) is 38.3 Å². The Bertz CT molecular complexity index is 851. The number of esters is 1. The summed E-state index contributed by atoms with van der Waals surface area (Å²) in [4.78, 5) is 43.7. The molecule has 3 aliphatic rings. The number of Topliss-reactive ketones (excluding diaryl/α,β-unsaturated/α-hetero) is 2. The van der Waals surface area contributed by atoms with E-state index in [1.54, 1.807) is 6.21 Å². The Morgan fingerprint density at radius 3 is 2.43 bits per heavy atom. The molecular weight excluding hydrogens is 382 g/mol. The molecule has 2 aliphatic heterocycles. The Hall–Kier alpha value is -2.38. The Balaban J connectivity index is 1.23. The number of aliphatic imine (C=N–C) groups is 1. The molecule has 1 saturated heterocycles. The highest BCUT2D eigenvalue weighted by molar-refractivity contribution is 6.16. The van der Waals surface area contributed by atoms with Crippen LogP contribution in [0.3, 0.4) is 0 Å². The number of ketones is 2. The van der Waals surface area contributed by atoms with Crippen LogP contribution in [0.4, 0.5) is 0 Å². The SMILES string of the molecule is CC1(C)CC(=O)C(C=NCC[NH+]2CC[NH+]([C@H]3OC(=O)c4ccccc43)CC2)C(=O)C1. The van der Waals surface area contributed by atoms with Crippen molar-refractivity contribution in [3.63, 3.8) is 0 Å². The van der Waals surface area contributed by atoms with Crippen LogP contribution < -0.4 is 9.80 Å². The molecule has 1 aromatic carbocycles. The van der Waals surface area contributed by atoms with Gasteiger partial charge in [0.1, 0.15) is 43.7 Å². The van der Waals surface area contributed by atoms with Gasteiger partial charge in [0.25, 0.3) is 6.23 Å². The van der Waals surface area contributed by atoms with Gasteiger partial charge in [-0.1, -0.05) is 26.0 Å². The Kier molecular flexibility index (Phi) is 5.84. The number of ether oxygens (including phenoxy) is 1. The molecule has 7 nitrogen and oxygen atoms in total. The number of cyclic esters (lactones) is 1. The van der Waals surface area contributed by atoms with Crippen LogP contribution in [0.25, 0.3) is 0 Å². The number of nitrogens with one attached hydrogen (secondary N) is 2. The largest absolute Gasteiger partial charge is 0.404 e. The van der Waals surface area contributed by atoms with Crippen LogP contribution in [0, 0.1) is 11.3 Å². The zero-order valence-corrected chi connectivity index (χ0v) is 17.8. The Labute approximate surface area is 177 Å². The molecule has 0 unspecified atom stereocenters. The molecule has 0 amide bonds. The molecule has 160 valence electrons. The fraction of sp³-hybridized carbons (Fsp3) is 0.565. The summed E-state index contributed by atoms with van der Waals surface area (Å²) in [5.41, 5.74) is 1.46. The zero-order valence-electron chi connectivity index (χ0n) is 17.8. The first kappa shape index (κ1) is 20.9. The van der Waals surface area contributed by atoms with Gasteiger partial charge in [-0.25, -0.2) is 4.79 Å². The summed E-state index contributed by atoms with van der Waals surface area (Å²) in [6.07, 6.45) is 2.27. The van der Waals surface area contributed by atoms with Crippen LogP contribution in [-0.4, -0.2) is 63.0 Å². The normalized spacial score (nSPS) is 29.3. The predicted molar refractivity (Wildman–Crippen MR) is 111 cm³/mol. The number of quaternary nitrogens is 2. The van der Waals surface area contributed by atoms with Crippen LogP contribution in [-0.2, 0) is 14.3 Å². The van der Waals surface area contributed by atoms with Gasteiger partial charge in [0.15, 0.2) is 0 Å². The van der Waals surface area contributed by atoms with Crippen molar-refractivity contribution in [3.05, 3.63) is 35.4 Å². The monoisotopic (exact) mass is 413 g/mol. The van der Waals surface area contributed by atoms with Crippen molar-refractivity contribution in [2.45, 2.75) is 32.9 Å². The van der Waals surface area contributed by atoms with E-state index >= 15 is 0 Å². The van der Waals surface area contributed by atoms with Gasteiger partial charge in [-0.15, -0.1) is 0 Å². The zero-order chi connectivity index (χ0) is 21.3. The lowest BCUT2D eigenvalue weighted by molar-refractivity contribution is -1.04. The van der Waals surface area contributed by atoms with Gasteiger partial charge in [0.2, 0.25) is 0 Å². The maximum absolute atomic E-state index is 12.2. The van der Waals surface area contributed by atoms with Crippen LogP contribution in [0.1, 0.15) is 48.8 Å². The molecule has 1 aliphatic carbocycles. The quantitative estimate of drug-likeness (QED) is 0.379. The smallest absolute Gasteiger partial charge is 0.343 e. The molecule has 2 N–H and O–H groups in total. The number of carbonyl (C=O) groups is 3. The lowest BCUT2D eigenvalue weighted by atomic mass is 9.72. The minimum atomic E-state index is -0.647. The van der Waals surface area contributed by atoms with Gasteiger partial charge < -0.3 is 9.64 Å². The fourth-order valence-corrected chi connectivity index (χ4v) is 4.86. The Morgan fingerprint density at radius 1 is 1.07 bits per heavy atom. The highest BCUT2D eigenvalue weighted by atomic mass is 16.6. The lowest BCUT2D eigenvalue weighted by Crippen LogP contribution is -3.28. The van der Waals surface area contributed by atoms with Crippen LogP contribution >= 0.6 is 0 Å². The molecule has 1 atom stereocenters. The van der Waals surface area contributed by atoms with Gasteiger partial charge in [-0.3, -0.25) is 19.5 Å².